The molecule has 2 rings (SSSR count). The first-order valence-corrected chi connectivity index (χ1v) is 6.31. The van der Waals surface area contributed by atoms with Crippen molar-refractivity contribution in [3.05, 3.63) is 32.9 Å². The van der Waals surface area contributed by atoms with Gasteiger partial charge in [0.25, 0.3) is 5.56 Å². The summed E-state index contributed by atoms with van der Waals surface area (Å²) in [6, 6.07) is 0. The number of aliphatic hydroxyl groups is 1. The molecule has 0 bridgehead atoms. The minimum absolute atomic E-state index is 0.0223. The molecule has 1 fully saturated rings. The Morgan fingerprint density at radius 3 is 2.95 bits per heavy atom. The molecular formula is C12H15FN2O5. The Bertz CT molecular complexity index is 623. The number of H-pyrrole nitrogens is 1. The number of nitrogens with zero attached hydrogens (tertiary/aromatic N) is 1. The molecule has 0 amide bonds. The molecule has 0 aliphatic carbocycles. The van der Waals surface area contributed by atoms with Gasteiger partial charge in [0.2, 0.25) is 5.82 Å². The molecule has 1 aliphatic heterocycles. The lowest BCUT2D eigenvalue weighted by Gasteiger charge is -2.14. The Hall–Kier alpha value is -1.80. The largest absolute Gasteiger partial charge is 0.390 e. The van der Waals surface area contributed by atoms with Crippen molar-refractivity contribution in [2.75, 3.05) is 0 Å². The molecule has 0 radical (unpaired) electrons. The van der Waals surface area contributed by atoms with Crippen LogP contribution < -0.4 is 11.2 Å². The van der Waals surface area contributed by atoms with Crippen molar-refractivity contribution in [1.29, 1.82) is 0 Å². The molecule has 1 aliphatic rings. The zero-order chi connectivity index (χ0) is 14.9. The van der Waals surface area contributed by atoms with Crippen LogP contribution in [-0.2, 0) is 9.53 Å². The van der Waals surface area contributed by atoms with Crippen molar-refractivity contribution >= 4 is 5.78 Å². The zero-order valence-corrected chi connectivity index (χ0v) is 10.8. The first-order valence-electron chi connectivity index (χ1n) is 6.31. The van der Waals surface area contributed by atoms with Crippen molar-refractivity contribution in [1.82, 2.24) is 9.55 Å². The number of carbonyl (C=O) groups is 1. The Morgan fingerprint density at radius 1 is 1.60 bits per heavy atom. The van der Waals surface area contributed by atoms with Crippen molar-refractivity contribution < 1.29 is 19.0 Å². The average Bonchev–Trinajstić information content (AvgIpc) is 2.76. The smallest absolute Gasteiger partial charge is 0.330 e. The number of rotatable bonds is 4. The lowest BCUT2D eigenvalue weighted by Crippen LogP contribution is -2.34. The quantitative estimate of drug-likeness (QED) is 0.791. The number of aromatic amines is 1. The maximum Gasteiger partial charge on any atom is 0.330 e. The fourth-order valence-electron chi connectivity index (χ4n) is 2.18. The molecule has 2 N–H and O–H groups in total. The Kier molecular flexibility index (Phi) is 4.15. The van der Waals surface area contributed by atoms with Gasteiger partial charge in [-0.05, 0) is 6.42 Å². The van der Waals surface area contributed by atoms with E-state index in [0.717, 1.165) is 4.57 Å². The molecule has 0 saturated carbocycles. The van der Waals surface area contributed by atoms with Crippen molar-refractivity contribution in [3.8, 4) is 0 Å². The topological polar surface area (TPSA) is 101 Å². The number of nitrogens with one attached hydrogen (secondary N) is 1. The number of aliphatic hydroxyl groups excluding tert-OH is 1. The van der Waals surface area contributed by atoms with Crippen LogP contribution in [-0.4, -0.2) is 32.6 Å². The summed E-state index contributed by atoms with van der Waals surface area (Å²) in [5.41, 5.74) is -1.97. The van der Waals surface area contributed by atoms with E-state index >= 15 is 0 Å². The molecule has 1 saturated heterocycles. The third kappa shape index (κ3) is 2.70. The molecule has 20 heavy (non-hydrogen) atoms. The second-order valence-electron chi connectivity index (χ2n) is 4.67. The number of halogens is 1. The molecule has 2 heterocycles. The second kappa shape index (κ2) is 5.68. The first-order chi connectivity index (χ1) is 9.43. The molecule has 110 valence electrons. The summed E-state index contributed by atoms with van der Waals surface area (Å²) < 4.78 is 19.4. The molecule has 8 heteroatoms. The van der Waals surface area contributed by atoms with E-state index in [1.165, 1.54) is 0 Å². The van der Waals surface area contributed by atoms with Crippen molar-refractivity contribution in [3.63, 3.8) is 0 Å². The van der Waals surface area contributed by atoms with E-state index in [2.05, 4.69) is 0 Å². The minimum Gasteiger partial charge on any atom is -0.390 e. The van der Waals surface area contributed by atoms with E-state index in [1.54, 1.807) is 4.98 Å². The summed E-state index contributed by atoms with van der Waals surface area (Å²) in [6.45, 7) is 1.82. The third-order valence-corrected chi connectivity index (χ3v) is 3.14. The average molecular weight is 286 g/mol. The van der Waals surface area contributed by atoms with E-state index < -0.39 is 35.5 Å². The van der Waals surface area contributed by atoms with Crippen molar-refractivity contribution in [2.45, 2.75) is 44.6 Å². The fraction of sp³-hybridized carbons (Fsp3) is 0.583. The van der Waals surface area contributed by atoms with Crippen LogP contribution in [0.2, 0.25) is 0 Å². The summed E-state index contributed by atoms with van der Waals surface area (Å²) in [6.07, 6.45) is -1.50. The van der Waals surface area contributed by atoms with Gasteiger partial charge in [-0.3, -0.25) is 19.1 Å². The van der Waals surface area contributed by atoms with Gasteiger partial charge in [-0.15, -0.1) is 0 Å². The normalized spacial score (nSPS) is 25.9. The Morgan fingerprint density at radius 2 is 2.30 bits per heavy atom. The highest BCUT2D eigenvalue weighted by Crippen LogP contribution is 2.28. The van der Waals surface area contributed by atoms with E-state index in [1.807, 2.05) is 6.92 Å². The molecular weight excluding hydrogens is 271 g/mol. The van der Waals surface area contributed by atoms with Crippen LogP contribution >= 0.6 is 0 Å². The van der Waals surface area contributed by atoms with Crippen LogP contribution in [0.3, 0.4) is 0 Å². The van der Waals surface area contributed by atoms with Crippen LogP contribution in [0.5, 0.6) is 0 Å². The SMILES string of the molecule is CCCC(=O)C1OC(n2cc(F)c(=O)[nH]c2=O)CC1O. The third-order valence-electron chi connectivity index (χ3n) is 3.14. The molecule has 3 atom stereocenters. The second-order valence-corrected chi connectivity index (χ2v) is 4.67. The fourth-order valence-corrected chi connectivity index (χ4v) is 2.18. The highest BCUT2D eigenvalue weighted by atomic mass is 19.1. The number of ether oxygens (including phenoxy) is 1. The van der Waals surface area contributed by atoms with E-state index in [-0.39, 0.29) is 18.6 Å². The van der Waals surface area contributed by atoms with Gasteiger partial charge in [0, 0.05) is 12.8 Å². The Balaban J connectivity index is 2.24. The maximum absolute atomic E-state index is 13.2. The molecule has 0 aromatic carbocycles. The lowest BCUT2D eigenvalue weighted by atomic mass is 10.1. The van der Waals surface area contributed by atoms with E-state index in [9.17, 15) is 23.9 Å². The molecule has 3 unspecified atom stereocenters. The van der Waals surface area contributed by atoms with E-state index in [4.69, 9.17) is 4.74 Å². The monoisotopic (exact) mass is 286 g/mol. The van der Waals surface area contributed by atoms with Gasteiger partial charge >= 0.3 is 5.69 Å². The first kappa shape index (κ1) is 14.6. The number of aromatic nitrogens is 2. The summed E-state index contributed by atoms with van der Waals surface area (Å²) in [5.74, 6) is -1.40. The van der Waals surface area contributed by atoms with Gasteiger partial charge in [0.15, 0.2) is 5.78 Å². The number of carbonyl (C=O) groups excluding carboxylic acids is 1. The van der Waals surface area contributed by atoms with Crippen LogP contribution in [0.4, 0.5) is 4.39 Å². The standard InChI is InChI=1S/C12H15FN2O5/c1-2-3-7(16)10-8(17)4-9(20-10)15-5-6(13)11(18)14-12(15)19/h5,8-10,17H,2-4H2,1H3,(H,14,18,19). The van der Waals surface area contributed by atoms with Crippen LogP contribution in [0.15, 0.2) is 15.8 Å². The molecule has 7 nitrogen and oxygen atoms in total. The predicted octanol–water partition coefficient (Wildman–Crippen LogP) is -0.307. The van der Waals surface area contributed by atoms with Gasteiger partial charge in [0.1, 0.15) is 12.3 Å². The molecule has 1 aromatic rings. The number of hydrogen-bond donors (Lipinski definition) is 2. The minimum atomic E-state index is -1.13. The van der Waals surface area contributed by atoms with Crippen LogP contribution in [0.25, 0.3) is 0 Å². The van der Waals surface area contributed by atoms with Gasteiger partial charge in [-0.2, -0.15) is 4.39 Å². The summed E-state index contributed by atoms with van der Waals surface area (Å²) >= 11 is 0. The van der Waals surface area contributed by atoms with Crippen LogP contribution in [0, 0.1) is 5.82 Å². The molecule has 1 aromatic heterocycles. The summed E-state index contributed by atoms with van der Waals surface area (Å²) in [5, 5.41) is 9.81. The predicted molar refractivity (Wildman–Crippen MR) is 65.7 cm³/mol. The summed E-state index contributed by atoms with van der Waals surface area (Å²) in [4.78, 5) is 36.1. The number of ketones is 1. The van der Waals surface area contributed by atoms with Gasteiger partial charge < -0.3 is 9.84 Å². The number of Topliss-reactive ketones (excluding diaryl/α,β-unsaturated/α-hetero) is 1. The molecule has 0 spiro atoms. The van der Waals surface area contributed by atoms with Gasteiger partial charge in [-0.1, -0.05) is 6.92 Å². The van der Waals surface area contributed by atoms with E-state index in [0.29, 0.717) is 12.6 Å². The van der Waals surface area contributed by atoms with Gasteiger partial charge in [-0.25, -0.2) is 4.79 Å². The summed E-state index contributed by atoms with van der Waals surface area (Å²) in [7, 11) is 0. The Labute approximate surface area is 113 Å². The lowest BCUT2D eigenvalue weighted by molar-refractivity contribution is -0.135. The maximum atomic E-state index is 13.2. The highest BCUT2D eigenvalue weighted by molar-refractivity contribution is 5.83. The van der Waals surface area contributed by atoms with Crippen molar-refractivity contribution in [2.24, 2.45) is 0 Å². The zero-order valence-electron chi connectivity index (χ0n) is 10.8. The van der Waals surface area contributed by atoms with Gasteiger partial charge in [0.05, 0.1) is 12.3 Å². The highest BCUT2D eigenvalue weighted by Gasteiger charge is 2.39. The number of hydrogen-bond acceptors (Lipinski definition) is 5. The van der Waals surface area contributed by atoms with Crippen LogP contribution in [0.1, 0.15) is 32.4 Å².